The van der Waals surface area contributed by atoms with Crippen molar-refractivity contribution in [2.75, 3.05) is 24.8 Å². The Morgan fingerprint density at radius 1 is 1.23 bits per heavy atom. The van der Waals surface area contributed by atoms with Crippen LogP contribution in [0, 0.1) is 18.8 Å². The molecular weight excluding hydrogens is 515 g/mol. The first kappa shape index (κ1) is 22.5. The van der Waals surface area contributed by atoms with Crippen LogP contribution in [0.4, 0.5) is 5.13 Å². The minimum Gasteiger partial charge on any atom is -0.477 e. The highest BCUT2D eigenvalue weighted by Gasteiger charge is 2.57. The molecule has 4 heterocycles. The topological polar surface area (TPSA) is 117 Å². The van der Waals surface area contributed by atoms with E-state index in [9.17, 15) is 14.7 Å². The number of aromatic carboxylic acids is 1. The van der Waals surface area contributed by atoms with Gasteiger partial charge in [-0.25, -0.2) is 9.78 Å². The maximum absolute atomic E-state index is 12.6. The average Bonchev–Trinajstić information content (AvgIpc) is 3.36. The second-order valence-corrected chi connectivity index (χ2v) is 10.7. The van der Waals surface area contributed by atoms with Crippen molar-refractivity contribution < 1.29 is 24.2 Å². The van der Waals surface area contributed by atoms with E-state index >= 15 is 0 Å². The second kappa shape index (κ2) is 8.32. The lowest BCUT2D eigenvalue weighted by molar-refractivity contribution is 0.0700. The van der Waals surface area contributed by atoms with Crippen LogP contribution in [-0.4, -0.2) is 52.9 Å². The van der Waals surface area contributed by atoms with Crippen molar-refractivity contribution in [3.63, 3.8) is 0 Å². The number of aromatic nitrogens is 2. The standard InChI is InChI=1S/C23H20Cl2N4O5S/c1-9-16(24)17(25)19(26-9)21(30)28-18-11-6-29(7-12(11)18)23-27-13(20(35-23)22(31)32)4-10-2-3-14-15(5-10)34-8-33-14/h2-3,5,11-12,18,26H,4,6-8H2,1H3,(H,28,30)(H,31,32)/t11-,12+,18-. The molecule has 3 aromatic rings. The number of carbonyl (C=O) groups excluding carboxylic acids is 1. The van der Waals surface area contributed by atoms with Crippen molar-refractivity contribution in [2.45, 2.75) is 19.4 Å². The molecule has 0 bridgehead atoms. The van der Waals surface area contributed by atoms with Gasteiger partial charge >= 0.3 is 5.97 Å². The van der Waals surface area contributed by atoms with E-state index in [1.807, 2.05) is 18.2 Å². The fraction of sp³-hybridized carbons (Fsp3) is 0.348. The van der Waals surface area contributed by atoms with Crippen LogP contribution in [0.15, 0.2) is 18.2 Å². The fourth-order valence-electron chi connectivity index (χ4n) is 4.85. The predicted octanol–water partition coefficient (Wildman–Crippen LogP) is 3.97. The lowest BCUT2D eigenvalue weighted by Crippen LogP contribution is -2.34. The number of carboxylic acid groups (broad SMARTS) is 1. The summed E-state index contributed by atoms with van der Waals surface area (Å²) in [5.41, 5.74) is 2.35. The third-order valence-electron chi connectivity index (χ3n) is 6.73. The van der Waals surface area contributed by atoms with Gasteiger partial charge in [0.1, 0.15) is 10.6 Å². The highest BCUT2D eigenvalue weighted by atomic mass is 35.5. The first-order valence-electron chi connectivity index (χ1n) is 11.0. The number of amides is 1. The number of aryl methyl sites for hydroxylation is 1. The zero-order chi connectivity index (χ0) is 24.4. The number of hydrogen-bond donors (Lipinski definition) is 3. The molecule has 3 atom stereocenters. The molecule has 1 amide bonds. The number of carboxylic acids is 1. The summed E-state index contributed by atoms with van der Waals surface area (Å²) in [7, 11) is 0. The van der Waals surface area contributed by atoms with Crippen LogP contribution in [-0.2, 0) is 6.42 Å². The lowest BCUT2D eigenvalue weighted by atomic mass is 10.1. The number of piperidine rings is 1. The number of ether oxygens (including phenoxy) is 2. The Hall–Kier alpha value is -2.95. The van der Waals surface area contributed by atoms with Crippen LogP contribution in [0.3, 0.4) is 0 Å². The van der Waals surface area contributed by atoms with Crippen molar-refractivity contribution in [1.29, 1.82) is 0 Å². The number of nitrogens with zero attached hydrogens (tertiary/aromatic N) is 2. The Labute approximate surface area is 214 Å². The maximum atomic E-state index is 12.6. The van der Waals surface area contributed by atoms with E-state index in [1.165, 1.54) is 11.3 Å². The van der Waals surface area contributed by atoms with Crippen molar-refractivity contribution in [2.24, 2.45) is 11.8 Å². The van der Waals surface area contributed by atoms with E-state index in [0.717, 1.165) is 5.56 Å². The minimum atomic E-state index is -0.990. The molecule has 1 aromatic carbocycles. The van der Waals surface area contributed by atoms with Crippen molar-refractivity contribution in [1.82, 2.24) is 15.3 Å². The summed E-state index contributed by atoms with van der Waals surface area (Å²) in [6.45, 7) is 3.34. The molecule has 3 N–H and O–H groups in total. The van der Waals surface area contributed by atoms with Gasteiger partial charge in [0.2, 0.25) is 6.79 Å². The Morgan fingerprint density at radius 2 is 1.97 bits per heavy atom. The molecule has 0 spiro atoms. The molecule has 182 valence electrons. The third kappa shape index (κ3) is 3.89. The summed E-state index contributed by atoms with van der Waals surface area (Å²) in [6.07, 6.45) is 0.382. The molecule has 2 fully saturated rings. The van der Waals surface area contributed by atoms with Gasteiger partial charge in [-0.05, 0) is 24.6 Å². The van der Waals surface area contributed by atoms with E-state index in [4.69, 9.17) is 32.7 Å². The monoisotopic (exact) mass is 534 g/mol. The number of anilines is 1. The van der Waals surface area contributed by atoms with E-state index in [0.29, 0.717) is 52.6 Å². The molecular formula is C23H20Cl2N4O5S. The van der Waals surface area contributed by atoms with Gasteiger partial charge in [0.15, 0.2) is 16.6 Å². The molecule has 0 radical (unpaired) electrons. The summed E-state index contributed by atoms with van der Waals surface area (Å²) < 4.78 is 10.8. The highest BCUT2D eigenvalue weighted by molar-refractivity contribution is 7.17. The molecule has 1 aliphatic carbocycles. The smallest absolute Gasteiger partial charge is 0.347 e. The van der Waals surface area contributed by atoms with Crippen LogP contribution in [0.1, 0.15) is 37.1 Å². The number of hydrogen-bond acceptors (Lipinski definition) is 7. The van der Waals surface area contributed by atoms with E-state index < -0.39 is 5.97 Å². The molecule has 1 saturated carbocycles. The first-order valence-corrected chi connectivity index (χ1v) is 12.6. The molecule has 1 saturated heterocycles. The number of fused-ring (bicyclic) bond motifs is 2. The summed E-state index contributed by atoms with van der Waals surface area (Å²) in [5, 5.41) is 14.1. The second-order valence-electron chi connectivity index (χ2n) is 8.93. The Balaban J connectivity index is 1.13. The predicted molar refractivity (Wildman–Crippen MR) is 130 cm³/mol. The van der Waals surface area contributed by atoms with Gasteiger partial charge in [-0.15, -0.1) is 0 Å². The number of aromatic amines is 1. The average molecular weight is 535 g/mol. The van der Waals surface area contributed by atoms with Gasteiger partial charge in [0.05, 0.1) is 15.7 Å². The van der Waals surface area contributed by atoms with Crippen LogP contribution in [0.2, 0.25) is 10.0 Å². The zero-order valence-corrected chi connectivity index (χ0v) is 20.8. The number of thiazole rings is 1. The summed E-state index contributed by atoms with van der Waals surface area (Å²) in [4.78, 5) is 34.5. The molecule has 6 rings (SSSR count). The summed E-state index contributed by atoms with van der Waals surface area (Å²) in [5.74, 6) is 0.624. The third-order valence-corrected chi connectivity index (χ3v) is 8.83. The lowest BCUT2D eigenvalue weighted by Gasteiger charge is -2.19. The van der Waals surface area contributed by atoms with Crippen LogP contribution in [0.25, 0.3) is 0 Å². The van der Waals surface area contributed by atoms with Gasteiger partial charge in [-0.2, -0.15) is 0 Å². The SMILES string of the molecule is Cc1[nH]c(C(=O)N[C@@H]2[C@@H]3CN(c4nc(Cc5ccc6c(c5)OCO6)c(C(=O)O)s4)C[C@@H]32)c(Cl)c1Cl. The van der Waals surface area contributed by atoms with Gasteiger partial charge in [0.25, 0.3) is 5.91 Å². The molecule has 0 unspecified atom stereocenters. The van der Waals surface area contributed by atoms with Crippen LogP contribution >= 0.6 is 34.5 Å². The zero-order valence-electron chi connectivity index (χ0n) is 18.4. The Morgan fingerprint density at radius 3 is 2.66 bits per heavy atom. The largest absolute Gasteiger partial charge is 0.477 e. The number of halogens is 2. The maximum Gasteiger partial charge on any atom is 0.347 e. The summed E-state index contributed by atoms with van der Waals surface area (Å²) in [6, 6.07) is 5.62. The van der Waals surface area contributed by atoms with Crippen molar-refractivity contribution in [3.05, 3.63) is 55.8 Å². The highest BCUT2D eigenvalue weighted by Crippen LogP contribution is 2.48. The van der Waals surface area contributed by atoms with Gasteiger partial charge in [0, 0.05) is 43.1 Å². The Kier molecular flexibility index (Phi) is 5.35. The van der Waals surface area contributed by atoms with Crippen LogP contribution < -0.4 is 19.7 Å². The van der Waals surface area contributed by atoms with E-state index in [-0.39, 0.29) is 46.2 Å². The van der Waals surface area contributed by atoms with E-state index in [1.54, 1.807) is 6.92 Å². The van der Waals surface area contributed by atoms with Crippen molar-refractivity contribution in [3.8, 4) is 11.5 Å². The minimum absolute atomic E-state index is 0.0456. The molecule has 35 heavy (non-hydrogen) atoms. The normalized spacial score (nSPS) is 21.8. The molecule has 12 heteroatoms. The van der Waals surface area contributed by atoms with Gasteiger partial charge in [-0.1, -0.05) is 40.6 Å². The van der Waals surface area contributed by atoms with Gasteiger partial charge in [-0.3, -0.25) is 4.79 Å². The number of benzene rings is 1. The van der Waals surface area contributed by atoms with Crippen molar-refractivity contribution >= 4 is 51.5 Å². The Bertz CT molecular complexity index is 1360. The molecule has 9 nitrogen and oxygen atoms in total. The molecule has 2 aliphatic heterocycles. The number of H-pyrrole nitrogens is 1. The quantitative estimate of drug-likeness (QED) is 0.438. The summed E-state index contributed by atoms with van der Waals surface area (Å²) >= 11 is 13.4. The number of rotatable bonds is 6. The molecule has 3 aliphatic rings. The van der Waals surface area contributed by atoms with Crippen LogP contribution in [0.5, 0.6) is 11.5 Å². The fourth-order valence-corrected chi connectivity index (χ4v) is 6.21. The number of nitrogens with one attached hydrogen (secondary N) is 2. The van der Waals surface area contributed by atoms with E-state index in [2.05, 4.69) is 20.2 Å². The van der Waals surface area contributed by atoms with Gasteiger partial charge < -0.3 is 29.8 Å². The number of carbonyl (C=O) groups is 2. The first-order chi connectivity index (χ1) is 16.8. The molecule has 2 aromatic heterocycles.